The van der Waals surface area contributed by atoms with Crippen molar-refractivity contribution in [2.75, 3.05) is 0 Å². The van der Waals surface area contributed by atoms with Gasteiger partial charge in [0.25, 0.3) is 0 Å². The van der Waals surface area contributed by atoms with Gasteiger partial charge in [-0.05, 0) is 28.5 Å². The molecule has 3 rings (SSSR count). The van der Waals surface area contributed by atoms with Crippen molar-refractivity contribution >= 4 is 26.9 Å². The average molecular weight is 342 g/mol. The maximum Gasteiger partial charge on any atom is 0.355 e. The normalized spacial score (nSPS) is 12.7. The summed E-state index contributed by atoms with van der Waals surface area (Å²) in [5.41, 5.74) is 0.260. The van der Waals surface area contributed by atoms with Crippen LogP contribution < -0.4 is 0 Å². The molecule has 1 N–H and O–H groups in total. The third-order valence-electron chi connectivity index (χ3n) is 3.54. The Morgan fingerprint density at radius 1 is 0.875 bits per heavy atom. The molecular formula is C18H14O5S. The summed E-state index contributed by atoms with van der Waals surface area (Å²) in [6.45, 7) is 0. The van der Waals surface area contributed by atoms with Gasteiger partial charge in [-0.1, -0.05) is 60.7 Å². The van der Waals surface area contributed by atoms with E-state index >= 15 is 0 Å². The quantitative estimate of drug-likeness (QED) is 0.738. The molecule has 3 aromatic carbocycles. The van der Waals surface area contributed by atoms with Gasteiger partial charge in [0.2, 0.25) is 0 Å². The summed E-state index contributed by atoms with van der Waals surface area (Å²) < 4.78 is 29.1. The maximum absolute atomic E-state index is 12.3. The zero-order chi connectivity index (χ0) is 17.2. The molecule has 0 bridgehead atoms. The van der Waals surface area contributed by atoms with Crippen LogP contribution in [-0.2, 0) is 19.1 Å². The summed E-state index contributed by atoms with van der Waals surface area (Å²) in [6, 6.07) is 19.6. The van der Waals surface area contributed by atoms with Gasteiger partial charge in [-0.2, -0.15) is 8.42 Å². The smallest absolute Gasteiger partial charge is 0.355 e. The highest BCUT2D eigenvalue weighted by atomic mass is 32.2. The van der Waals surface area contributed by atoms with Crippen LogP contribution in [0, 0.1) is 0 Å². The number of carbonyl (C=O) groups excluding carboxylic acids is 1. The van der Waals surface area contributed by atoms with E-state index in [9.17, 15) is 18.3 Å². The number of aliphatic hydroxyl groups excluding tert-OH is 1. The van der Waals surface area contributed by atoms with E-state index in [1.807, 2.05) is 12.1 Å². The molecule has 0 radical (unpaired) electrons. The van der Waals surface area contributed by atoms with E-state index in [4.69, 9.17) is 0 Å². The van der Waals surface area contributed by atoms with Crippen LogP contribution in [-0.4, -0.2) is 19.5 Å². The topological polar surface area (TPSA) is 80.7 Å². The van der Waals surface area contributed by atoms with Gasteiger partial charge < -0.3 is 9.29 Å². The molecule has 0 aromatic heterocycles. The molecule has 1 unspecified atom stereocenters. The van der Waals surface area contributed by atoms with E-state index in [2.05, 4.69) is 4.18 Å². The number of hydrogen-bond acceptors (Lipinski definition) is 5. The predicted molar refractivity (Wildman–Crippen MR) is 88.6 cm³/mol. The Hall–Kier alpha value is -2.70. The molecule has 122 valence electrons. The second kappa shape index (κ2) is 6.43. The molecule has 0 saturated heterocycles. The summed E-state index contributed by atoms with van der Waals surface area (Å²) in [7, 11) is -4.31. The number of rotatable bonds is 4. The lowest BCUT2D eigenvalue weighted by Gasteiger charge is -2.11. The Kier molecular flexibility index (Phi) is 4.33. The molecular weight excluding hydrogens is 328 g/mol. The minimum atomic E-state index is -4.31. The minimum Gasteiger partial charge on any atom is -0.377 e. The fourth-order valence-electron chi connectivity index (χ4n) is 2.30. The second-order valence-electron chi connectivity index (χ2n) is 5.18. The molecule has 0 heterocycles. The van der Waals surface area contributed by atoms with Gasteiger partial charge in [-0.15, -0.1) is 0 Å². The molecule has 0 aliphatic rings. The third-order valence-corrected chi connectivity index (χ3v) is 4.75. The lowest BCUT2D eigenvalue weighted by molar-refractivity contribution is -0.143. The Balaban J connectivity index is 1.85. The van der Waals surface area contributed by atoms with Crippen LogP contribution in [0.15, 0.2) is 77.7 Å². The highest BCUT2D eigenvalue weighted by Crippen LogP contribution is 2.22. The molecule has 0 aliphatic carbocycles. The van der Waals surface area contributed by atoms with E-state index in [0.717, 1.165) is 5.39 Å². The van der Waals surface area contributed by atoms with Crippen molar-refractivity contribution < 1.29 is 22.5 Å². The fourth-order valence-corrected chi connectivity index (χ4v) is 3.21. The first-order valence-corrected chi connectivity index (χ1v) is 8.58. The molecule has 24 heavy (non-hydrogen) atoms. The van der Waals surface area contributed by atoms with Gasteiger partial charge in [0.15, 0.2) is 6.10 Å². The van der Waals surface area contributed by atoms with Crippen LogP contribution in [0.1, 0.15) is 11.7 Å². The van der Waals surface area contributed by atoms with Gasteiger partial charge in [0.05, 0.1) is 0 Å². The standard InChI is InChI=1S/C18H14O5S/c19-17(14-7-2-1-3-8-14)18(20)23-24(21,22)16-11-10-13-6-4-5-9-15(13)12-16/h1-12,17,19H. The summed E-state index contributed by atoms with van der Waals surface area (Å²) in [5.74, 6) is -1.24. The molecule has 0 amide bonds. The van der Waals surface area contributed by atoms with Gasteiger partial charge in [-0.3, -0.25) is 0 Å². The van der Waals surface area contributed by atoms with Crippen LogP contribution in [0.5, 0.6) is 0 Å². The molecule has 6 heteroatoms. The first kappa shape index (κ1) is 16.2. The average Bonchev–Trinajstić information content (AvgIpc) is 2.61. The Morgan fingerprint density at radius 2 is 1.50 bits per heavy atom. The highest BCUT2D eigenvalue weighted by molar-refractivity contribution is 7.87. The van der Waals surface area contributed by atoms with Crippen molar-refractivity contribution in [2.24, 2.45) is 0 Å². The third kappa shape index (κ3) is 3.29. The summed E-state index contributed by atoms with van der Waals surface area (Å²) >= 11 is 0. The van der Waals surface area contributed by atoms with Gasteiger partial charge in [0.1, 0.15) is 4.90 Å². The van der Waals surface area contributed by atoms with Crippen molar-refractivity contribution in [1.82, 2.24) is 0 Å². The highest BCUT2D eigenvalue weighted by Gasteiger charge is 2.26. The minimum absolute atomic E-state index is 0.144. The molecule has 0 saturated carbocycles. The lowest BCUT2D eigenvalue weighted by atomic mass is 10.1. The Labute approximate surface area is 139 Å². The fraction of sp³-hybridized carbons (Fsp3) is 0.0556. The van der Waals surface area contributed by atoms with Gasteiger partial charge in [-0.25, -0.2) is 4.79 Å². The first-order chi connectivity index (χ1) is 11.5. The van der Waals surface area contributed by atoms with Crippen molar-refractivity contribution in [1.29, 1.82) is 0 Å². The molecule has 0 spiro atoms. The molecule has 0 aliphatic heterocycles. The SMILES string of the molecule is O=C(OS(=O)(=O)c1ccc2ccccc2c1)C(O)c1ccccc1. The van der Waals surface area contributed by atoms with E-state index < -0.39 is 22.2 Å². The van der Waals surface area contributed by atoms with Crippen molar-refractivity contribution in [3.05, 3.63) is 78.4 Å². The van der Waals surface area contributed by atoms with Crippen LogP contribution >= 0.6 is 0 Å². The number of benzene rings is 3. The van der Waals surface area contributed by atoms with Crippen molar-refractivity contribution in [3.8, 4) is 0 Å². The van der Waals surface area contributed by atoms with Crippen LogP contribution in [0.4, 0.5) is 0 Å². The molecule has 3 aromatic rings. The van der Waals surface area contributed by atoms with Crippen LogP contribution in [0.2, 0.25) is 0 Å². The van der Waals surface area contributed by atoms with Crippen LogP contribution in [0.25, 0.3) is 10.8 Å². The number of aliphatic hydroxyl groups is 1. The summed E-state index contributed by atoms with van der Waals surface area (Å²) in [4.78, 5) is 11.8. The largest absolute Gasteiger partial charge is 0.377 e. The molecule has 1 atom stereocenters. The monoisotopic (exact) mass is 342 g/mol. The van der Waals surface area contributed by atoms with Gasteiger partial charge >= 0.3 is 16.1 Å². The second-order valence-corrected chi connectivity index (χ2v) is 6.72. The van der Waals surface area contributed by atoms with Crippen molar-refractivity contribution in [2.45, 2.75) is 11.0 Å². The summed E-state index contributed by atoms with van der Waals surface area (Å²) in [5, 5.41) is 11.5. The Morgan fingerprint density at radius 3 is 2.21 bits per heavy atom. The summed E-state index contributed by atoms with van der Waals surface area (Å²) in [6.07, 6.45) is -1.67. The lowest BCUT2D eigenvalue weighted by Crippen LogP contribution is -2.20. The number of hydrogen-bond donors (Lipinski definition) is 1. The Bertz CT molecular complexity index is 980. The van der Waals surface area contributed by atoms with E-state index in [1.54, 1.807) is 36.4 Å². The van der Waals surface area contributed by atoms with E-state index in [1.165, 1.54) is 24.3 Å². The number of fused-ring (bicyclic) bond motifs is 1. The van der Waals surface area contributed by atoms with E-state index in [0.29, 0.717) is 5.39 Å². The van der Waals surface area contributed by atoms with Crippen molar-refractivity contribution in [3.63, 3.8) is 0 Å². The molecule has 0 fully saturated rings. The first-order valence-electron chi connectivity index (χ1n) is 7.17. The molecule has 5 nitrogen and oxygen atoms in total. The van der Waals surface area contributed by atoms with E-state index in [-0.39, 0.29) is 10.5 Å². The maximum atomic E-state index is 12.3. The van der Waals surface area contributed by atoms with Gasteiger partial charge in [0, 0.05) is 0 Å². The number of carbonyl (C=O) groups is 1. The van der Waals surface area contributed by atoms with Crippen LogP contribution in [0.3, 0.4) is 0 Å². The predicted octanol–water partition coefficient (Wildman–Crippen LogP) is 2.81. The zero-order valence-electron chi connectivity index (χ0n) is 12.5. The zero-order valence-corrected chi connectivity index (χ0v) is 13.3.